The number of anilines is 1. The Bertz CT molecular complexity index is 1710. The molecule has 0 spiro atoms. The van der Waals surface area contributed by atoms with Crippen molar-refractivity contribution in [1.82, 2.24) is 9.55 Å². The van der Waals surface area contributed by atoms with Gasteiger partial charge in [-0.1, -0.05) is 30.3 Å². The number of amides is 1. The van der Waals surface area contributed by atoms with Gasteiger partial charge in [-0.2, -0.15) is 0 Å². The van der Waals surface area contributed by atoms with Crippen molar-refractivity contribution in [2.45, 2.75) is 49.4 Å². The van der Waals surface area contributed by atoms with E-state index in [2.05, 4.69) is 6.92 Å². The number of carbonyl (C=O) groups is 1. The molecule has 2 unspecified atom stereocenters. The Morgan fingerprint density at radius 1 is 1.12 bits per heavy atom. The molecule has 1 saturated heterocycles. The topological polar surface area (TPSA) is 64.4 Å². The summed E-state index contributed by atoms with van der Waals surface area (Å²) in [7, 11) is 1.52. The van der Waals surface area contributed by atoms with E-state index in [4.69, 9.17) is 21.3 Å². The molecule has 0 bridgehead atoms. The van der Waals surface area contributed by atoms with Gasteiger partial charge in [0.1, 0.15) is 10.6 Å². The molecule has 6 rings (SSSR count). The summed E-state index contributed by atoms with van der Waals surface area (Å²) in [4.78, 5) is 36.2. The molecule has 11 heteroatoms. The second kappa shape index (κ2) is 10.8. The van der Waals surface area contributed by atoms with Gasteiger partial charge in [-0.05, 0) is 73.9 Å². The standard InChI is InChI=1S/C29H26ClF2N3O3S2/c1-15-5-8-18-24(12-15)39-26-25(18)28(37)35(21-13-16(30)6-10-22(21)38-2)29(33-26)40-23-4-3-11-34(27(23)36)17-7-9-19(31)20(32)14-17/h6-7,9-10,13-15,23H,3-5,8,11-12H2,1-2H3. The highest BCUT2D eigenvalue weighted by Gasteiger charge is 2.34. The number of halogens is 3. The maximum Gasteiger partial charge on any atom is 0.267 e. The summed E-state index contributed by atoms with van der Waals surface area (Å²) >= 11 is 9.11. The molecule has 1 fully saturated rings. The molecule has 1 amide bonds. The number of rotatable bonds is 5. The van der Waals surface area contributed by atoms with Crippen LogP contribution in [0.1, 0.15) is 36.6 Å². The van der Waals surface area contributed by atoms with Gasteiger partial charge in [0, 0.05) is 28.2 Å². The maximum absolute atomic E-state index is 14.3. The van der Waals surface area contributed by atoms with Crippen LogP contribution in [0.25, 0.3) is 15.9 Å². The quantitative estimate of drug-likeness (QED) is 0.235. The number of thiophene rings is 1. The van der Waals surface area contributed by atoms with E-state index in [1.165, 1.54) is 39.3 Å². The summed E-state index contributed by atoms with van der Waals surface area (Å²) in [6, 6.07) is 8.51. The lowest BCUT2D eigenvalue weighted by Gasteiger charge is -2.32. The van der Waals surface area contributed by atoms with E-state index in [-0.39, 0.29) is 11.5 Å². The molecule has 40 heavy (non-hydrogen) atoms. The van der Waals surface area contributed by atoms with Gasteiger partial charge in [-0.15, -0.1) is 11.3 Å². The third-order valence-electron chi connectivity index (χ3n) is 7.53. The molecule has 1 aliphatic carbocycles. The highest BCUT2D eigenvalue weighted by molar-refractivity contribution is 8.00. The van der Waals surface area contributed by atoms with E-state index in [0.717, 1.165) is 37.0 Å². The predicted molar refractivity (Wildman–Crippen MR) is 156 cm³/mol. The van der Waals surface area contributed by atoms with E-state index >= 15 is 0 Å². The van der Waals surface area contributed by atoms with Crippen LogP contribution in [0.3, 0.4) is 0 Å². The molecule has 2 aromatic heterocycles. The van der Waals surface area contributed by atoms with Crippen molar-refractivity contribution in [3.8, 4) is 11.4 Å². The van der Waals surface area contributed by atoms with Gasteiger partial charge in [0.15, 0.2) is 16.8 Å². The van der Waals surface area contributed by atoms with Crippen LogP contribution < -0.4 is 15.2 Å². The Labute approximate surface area is 242 Å². The molecule has 2 aliphatic rings. The molecule has 0 saturated carbocycles. The number of ether oxygens (including phenoxy) is 1. The molecule has 0 N–H and O–H groups in total. The van der Waals surface area contributed by atoms with E-state index < -0.39 is 16.9 Å². The van der Waals surface area contributed by atoms with Gasteiger partial charge >= 0.3 is 0 Å². The Balaban J connectivity index is 1.48. The first-order valence-electron chi connectivity index (χ1n) is 13.1. The number of piperidine rings is 1. The van der Waals surface area contributed by atoms with Crippen LogP contribution in [-0.2, 0) is 17.6 Å². The number of thioether (sulfide) groups is 1. The fraction of sp³-hybridized carbons (Fsp3) is 0.345. The van der Waals surface area contributed by atoms with Crippen LogP contribution >= 0.6 is 34.7 Å². The zero-order valence-corrected chi connectivity index (χ0v) is 24.3. The zero-order valence-electron chi connectivity index (χ0n) is 21.9. The van der Waals surface area contributed by atoms with Crippen LogP contribution in [0.2, 0.25) is 5.02 Å². The number of hydrogen-bond donors (Lipinski definition) is 0. The van der Waals surface area contributed by atoms with Crippen molar-refractivity contribution >= 4 is 56.5 Å². The minimum Gasteiger partial charge on any atom is -0.495 e. The molecule has 0 radical (unpaired) electrons. The SMILES string of the molecule is COc1ccc(Cl)cc1-n1c(SC2CCCN(c3ccc(F)c(F)c3)C2=O)nc2sc3c(c2c1=O)CCC(C)C3. The number of fused-ring (bicyclic) bond motifs is 3. The first-order chi connectivity index (χ1) is 19.2. The van der Waals surface area contributed by atoms with Gasteiger partial charge in [0.25, 0.3) is 5.56 Å². The van der Waals surface area contributed by atoms with E-state index in [0.29, 0.717) is 62.8 Å². The largest absolute Gasteiger partial charge is 0.495 e. The summed E-state index contributed by atoms with van der Waals surface area (Å²) in [5, 5.41) is 0.808. The lowest BCUT2D eigenvalue weighted by molar-refractivity contribution is -0.119. The van der Waals surface area contributed by atoms with Crippen molar-refractivity contribution in [2.75, 3.05) is 18.6 Å². The normalized spacial score (nSPS) is 19.2. The van der Waals surface area contributed by atoms with Gasteiger partial charge in [0.05, 0.1) is 23.4 Å². The molecular formula is C29H26ClF2N3O3S2. The summed E-state index contributed by atoms with van der Waals surface area (Å²) in [5.41, 5.74) is 1.58. The summed E-state index contributed by atoms with van der Waals surface area (Å²) in [6.07, 6.45) is 3.93. The van der Waals surface area contributed by atoms with Gasteiger partial charge in [-0.3, -0.25) is 14.2 Å². The van der Waals surface area contributed by atoms with E-state index in [1.807, 2.05) is 0 Å². The van der Waals surface area contributed by atoms with Crippen LogP contribution in [-0.4, -0.2) is 34.4 Å². The van der Waals surface area contributed by atoms with Crippen LogP contribution in [0.5, 0.6) is 5.75 Å². The molecule has 2 aromatic carbocycles. The lowest BCUT2D eigenvalue weighted by atomic mass is 9.89. The summed E-state index contributed by atoms with van der Waals surface area (Å²) in [6.45, 7) is 2.60. The lowest BCUT2D eigenvalue weighted by Crippen LogP contribution is -2.43. The van der Waals surface area contributed by atoms with Crippen LogP contribution in [0.4, 0.5) is 14.5 Å². The molecule has 1 aliphatic heterocycles. The van der Waals surface area contributed by atoms with Gasteiger partial charge in [0.2, 0.25) is 5.91 Å². The van der Waals surface area contributed by atoms with Crippen LogP contribution in [0.15, 0.2) is 46.3 Å². The molecule has 2 atom stereocenters. The summed E-state index contributed by atoms with van der Waals surface area (Å²) in [5.74, 6) is -1.24. The minimum absolute atomic E-state index is 0.221. The molecule has 3 heterocycles. The van der Waals surface area contributed by atoms with E-state index in [1.54, 1.807) is 29.5 Å². The maximum atomic E-state index is 14.3. The monoisotopic (exact) mass is 601 g/mol. The van der Waals surface area contributed by atoms with Crippen molar-refractivity contribution in [3.05, 3.63) is 73.8 Å². The van der Waals surface area contributed by atoms with Crippen molar-refractivity contribution in [2.24, 2.45) is 5.92 Å². The average molecular weight is 602 g/mol. The Morgan fingerprint density at radius 3 is 2.73 bits per heavy atom. The number of hydrogen-bond acceptors (Lipinski definition) is 6. The van der Waals surface area contributed by atoms with E-state index in [9.17, 15) is 18.4 Å². The molecular weight excluding hydrogens is 576 g/mol. The second-order valence-corrected chi connectivity index (χ2v) is 12.9. The number of aromatic nitrogens is 2. The fourth-order valence-electron chi connectivity index (χ4n) is 5.49. The first-order valence-corrected chi connectivity index (χ1v) is 15.2. The number of benzene rings is 2. The third-order valence-corrected chi connectivity index (χ3v) is 10.1. The minimum atomic E-state index is -1.01. The molecule has 4 aromatic rings. The highest BCUT2D eigenvalue weighted by atomic mass is 35.5. The van der Waals surface area contributed by atoms with Gasteiger partial charge < -0.3 is 9.64 Å². The fourth-order valence-corrected chi connectivity index (χ4v) is 8.28. The zero-order chi connectivity index (χ0) is 28.1. The smallest absolute Gasteiger partial charge is 0.267 e. The van der Waals surface area contributed by atoms with Crippen LogP contribution in [0, 0.1) is 17.6 Å². The Morgan fingerprint density at radius 2 is 1.95 bits per heavy atom. The predicted octanol–water partition coefficient (Wildman–Crippen LogP) is 6.80. The second-order valence-electron chi connectivity index (χ2n) is 10.2. The summed E-state index contributed by atoms with van der Waals surface area (Å²) < 4.78 is 34.6. The van der Waals surface area contributed by atoms with Crippen molar-refractivity contribution in [3.63, 3.8) is 0 Å². The number of nitrogens with zero attached hydrogens (tertiary/aromatic N) is 3. The van der Waals surface area contributed by atoms with Gasteiger partial charge in [-0.25, -0.2) is 13.8 Å². The first kappa shape index (κ1) is 27.2. The van der Waals surface area contributed by atoms with Crippen molar-refractivity contribution < 1.29 is 18.3 Å². The molecule has 6 nitrogen and oxygen atoms in total. The number of aryl methyl sites for hydroxylation is 1. The number of carbonyl (C=O) groups excluding carboxylic acids is 1. The van der Waals surface area contributed by atoms with Crippen molar-refractivity contribution in [1.29, 1.82) is 0 Å². The highest BCUT2D eigenvalue weighted by Crippen LogP contribution is 2.40. The number of methoxy groups -OCH3 is 1. The Kier molecular flexibility index (Phi) is 7.35. The third kappa shape index (κ3) is 4.80. The average Bonchev–Trinajstić information content (AvgIpc) is 3.29. The Hall–Kier alpha value is -2.95. The molecule has 208 valence electrons.